The Kier molecular flexibility index (Phi) is 5.01. The van der Waals surface area contributed by atoms with E-state index in [0.29, 0.717) is 5.92 Å². The second-order valence-electron chi connectivity index (χ2n) is 5.82. The van der Waals surface area contributed by atoms with Gasteiger partial charge in [0.05, 0.1) is 5.54 Å². The van der Waals surface area contributed by atoms with Crippen LogP contribution in [0, 0.1) is 5.92 Å². The highest BCUT2D eigenvalue weighted by atomic mass is 16.5. The number of carbonyl (C=O) groups excluding carboxylic acids is 1. The first-order chi connectivity index (χ1) is 8.71. The van der Waals surface area contributed by atoms with Gasteiger partial charge >= 0.3 is 0 Å². The third kappa shape index (κ3) is 3.69. The Morgan fingerprint density at radius 3 is 2.56 bits per heavy atom. The molecule has 4 nitrogen and oxygen atoms in total. The lowest BCUT2D eigenvalue weighted by Gasteiger charge is -2.32. The second-order valence-corrected chi connectivity index (χ2v) is 5.82. The monoisotopic (exact) mass is 254 g/mol. The maximum atomic E-state index is 12.1. The molecule has 1 amide bonds. The largest absolute Gasteiger partial charge is 0.381 e. The standard InChI is InChI=1S/C14H26N2O2/c15-14(7-2-1-3-8-14)13(17)16-9-4-12-5-10-18-11-6-12/h12H,1-11,15H2,(H,16,17). The topological polar surface area (TPSA) is 64.4 Å². The quantitative estimate of drug-likeness (QED) is 0.800. The summed E-state index contributed by atoms with van der Waals surface area (Å²) in [5.74, 6) is 0.772. The summed E-state index contributed by atoms with van der Waals surface area (Å²) in [5.41, 5.74) is 5.60. The van der Waals surface area contributed by atoms with Crippen molar-refractivity contribution in [2.45, 2.75) is 56.9 Å². The van der Waals surface area contributed by atoms with Gasteiger partial charge in [0.25, 0.3) is 0 Å². The van der Waals surface area contributed by atoms with Gasteiger partial charge in [-0.05, 0) is 38.0 Å². The number of hydrogen-bond donors (Lipinski definition) is 2. The summed E-state index contributed by atoms with van der Waals surface area (Å²) in [6.45, 7) is 2.52. The van der Waals surface area contributed by atoms with Crippen LogP contribution < -0.4 is 11.1 Å². The van der Waals surface area contributed by atoms with Crippen molar-refractivity contribution < 1.29 is 9.53 Å². The SMILES string of the molecule is NC1(C(=O)NCCC2CCOCC2)CCCCC1. The molecule has 1 aliphatic heterocycles. The van der Waals surface area contributed by atoms with Crippen molar-refractivity contribution in [2.24, 2.45) is 11.7 Å². The highest BCUT2D eigenvalue weighted by Gasteiger charge is 2.34. The lowest BCUT2D eigenvalue weighted by atomic mass is 9.82. The van der Waals surface area contributed by atoms with E-state index < -0.39 is 5.54 Å². The number of hydrogen-bond acceptors (Lipinski definition) is 3. The Morgan fingerprint density at radius 2 is 1.89 bits per heavy atom. The van der Waals surface area contributed by atoms with Crippen LogP contribution in [-0.4, -0.2) is 31.2 Å². The smallest absolute Gasteiger partial charge is 0.240 e. The fourth-order valence-electron chi connectivity index (χ4n) is 3.01. The lowest BCUT2D eigenvalue weighted by molar-refractivity contribution is -0.127. The minimum Gasteiger partial charge on any atom is -0.381 e. The number of nitrogens with two attached hydrogens (primary N) is 1. The van der Waals surface area contributed by atoms with E-state index in [1.165, 1.54) is 6.42 Å². The van der Waals surface area contributed by atoms with Gasteiger partial charge in [-0.3, -0.25) is 4.79 Å². The third-order valence-corrected chi connectivity index (χ3v) is 4.38. The number of carbonyl (C=O) groups is 1. The average molecular weight is 254 g/mol. The Morgan fingerprint density at radius 1 is 1.22 bits per heavy atom. The maximum absolute atomic E-state index is 12.1. The molecule has 2 rings (SSSR count). The molecule has 0 atom stereocenters. The molecule has 18 heavy (non-hydrogen) atoms. The predicted molar refractivity (Wildman–Crippen MR) is 71.2 cm³/mol. The summed E-state index contributed by atoms with van der Waals surface area (Å²) in [5, 5.41) is 3.04. The number of ether oxygens (including phenoxy) is 1. The van der Waals surface area contributed by atoms with Gasteiger partial charge in [0.15, 0.2) is 0 Å². The highest BCUT2D eigenvalue weighted by molar-refractivity contribution is 5.86. The van der Waals surface area contributed by atoms with Crippen LogP contribution in [0.3, 0.4) is 0 Å². The Balaban J connectivity index is 1.67. The molecule has 1 heterocycles. The van der Waals surface area contributed by atoms with Crippen LogP contribution in [0.25, 0.3) is 0 Å². The summed E-state index contributed by atoms with van der Waals surface area (Å²) in [6.07, 6.45) is 8.40. The minimum absolute atomic E-state index is 0.0641. The van der Waals surface area contributed by atoms with Gasteiger partial charge in [-0.1, -0.05) is 19.3 Å². The molecular weight excluding hydrogens is 228 g/mol. The van der Waals surface area contributed by atoms with Crippen molar-refractivity contribution in [2.75, 3.05) is 19.8 Å². The average Bonchev–Trinajstić information content (AvgIpc) is 2.41. The molecule has 0 aromatic carbocycles. The normalized spacial score (nSPS) is 24.7. The van der Waals surface area contributed by atoms with E-state index in [4.69, 9.17) is 10.5 Å². The maximum Gasteiger partial charge on any atom is 0.240 e. The molecular formula is C14H26N2O2. The van der Waals surface area contributed by atoms with E-state index >= 15 is 0 Å². The van der Waals surface area contributed by atoms with Crippen LogP contribution in [0.2, 0.25) is 0 Å². The van der Waals surface area contributed by atoms with E-state index in [1.54, 1.807) is 0 Å². The van der Waals surface area contributed by atoms with Crippen molar-refractivity contribution in [3.8, 4) is 0 Å². The molecule has 0 spiro atoms. The summed E-state index contributed by atoms with van der Waals surface area (Å²) in [7, 11) is 0. The number of nitrogens with one attached hydrogen (secondary N) is 1. The zero-order chi connectivity index (χ0) is 12.8. The first kappa shape index (κ1) is 13.8. The summed E-state index contributed by atoms with van der Waals surface area (Å²) < 4.78 is 5.33. The first-order valence-corrected chi connectivity index (χ1v) is 7.36. The van der Waals surface area contributed by atoms with E-state index in [-0.39, 0.29) is 5.91 Å². The lowest BCUT2D eigenvalue weighted by Crippen LogP contribution is -2.55. The van der Waals surface area contributed by atoms with Gasteiger partial charge in [-0.25, -0.2) is 0 Å². The van der Waals surface area contributed by atoms with Crippen LogP contribution in [-0.2, 0) is 9.53 Å². The summed E-state index contributed by atoms with van der Waals surface area (Å²) >= 11 is 0. The van der Waals surface area contributed by atoms with Gasteiger partial charge in [0, 0.05) is 19.8 Å². The van der Waals surface area contributed by atoms with E-state index in [1.807, 2.05) is 0 Å². The van der Waals surface area contributed by atoms with Crippen molar-refractivity contribution in [1.29, 1.82) is 0 Å². The fourth-order valence-corrected chi connectivity index (χ4v) is 3.01. The zero-order valence-electron chi connectivity index (χ0n) is 11.2. The fraction of sp³-hybridized carbons (Fsp3) is 0.929. The molecule has 0 aromatic heterocycles. The van der Waals surface area contributed by atoms with E-state index in [0.717, 1.165) is 64.7 Å². The van der Waals surface area contributed by atoms with Crippen LogP contribution in [0.15, 0.2) is 0 Å². The van der Waals surface area contributed by atoms with E-state index in [2.05, 4.69) is 5.32 Å². The molecule has 104 valence electrons. The molecule has 3 N–H and O–H groups in total. The minimum atomic E-state index is -0.589. The molecule has 0 bridgehead atoms. The molecule has 0 aromatic rings. The van der Waals surface area contributed by atoms with Crippen LogP contribution >= 0.6 is 0 Å². The van der Waals surface area contributed by atoms with Crippen molar-refractivity contribution in [3.05, 3.63) is 0 Å². The Labute approximate surface area is 110 Å². The van der Waals surface area contributed by atoms with Gasteiger partial charge in [0.1, 0.15) is 0 Å². The van der Waals surface area contributed by atoms with Gasteiger partial charge < -0.3 is 15.8 Å². The molecule has 0 unspecified atom stereocenters. The van der Waals surface area contributed by atoms with Crippen LogP contribution in [0.1, 0.15) is 51.4 Å². The molecule has 4 heteroatoms. The van der Waals surface area contributed by atoms with Crippen molar-refractivity contribution in [1.82, 2.24) is 5.32 Å². The summed E-state index contributed by atoms with van der Waals surface area (Å²) in [6, 6.07) is 0. The zero-order valence-corrected chi connectivity index (χ0v) is 11.2. The molecule has 1 saturated carbocycles. The molecule has 1 saturated heterocycles. The molecule has 2 fully saturated rings. The van der Waals surface area contributed by atoms with Gasteiger partial charge in [-0.2, -0.15) is 0 Å². The van der Waals surface area contributed by atoms with Crippen molar-refractivity contribution in [3.63, 3.8) is 0 Å². The van der Waals surface area contributed by atoms with Gasteiger partial charge in [-0.15, -0.1) is 0 Å². The number of amides is 1. The number of rotatable bonds is 4. The Bertz CT molecular complexity index is 269. The molecule has 1 aliphatic carbocycles. The van der Waals surface area contributed by atoms with Crippen LogP contribution in [0.4, 0.5) is 0 Å². The van der Waals surface area contributed by atoms with Crippen molar-refractivity contribution >= 4 is 5.91 Å². The van der Waals surface area contributed by atoms with Gasteiger partial charge in [0.2, 0.25) is 5.91 Å². The Hall–Kier alpha value is -0.610. The third-order valence-electron chi connectivity index (χ3n) is 4.38. The van der Waals surface area contributed by atoms with Crippen LogP contribution in [0.5, 0.6) is 0 Å². The molecule has 0 radical (unpaired) electrons. The summed E-state index contributed by atoms with van der Waals surface area (Å²) in [4.78, 5) is 12.1. The second kappa shape index (κ2) is 6.53. The first-order valence-electron chi connectivity index (χ1n) is 7.36. The molecule has 2 aliphatic rings. The predicted octanol–water partition coefficient (Wildman–Crippen LogP) is 1.58. The van der Waals surface area contributed by atoms with E-state index in [9.17, 15) is 4.79 Å². The highest BCUT2D eigenvalue weighted by Crippen LogP contribution is 2.26.